The molecule has 1 aromatic carbocycles. The van der Waals surface area contributed by atoms with Gasteiger partial charge in [0.1, 0.15) is 5.82 Å². The van der Waals surface area contributed by atoms with E-state index in [1.165, 1.54) is 4.88 Å². The van der Waals surface area contributed by atoms with Crippen molar-refractivity contribution >= 4 is 27.3 Å². The summed E-state index contributed by atoms with van der Waals surface area (Å²) in [5.41, 5.74) is 1.94. The highest BCUT2D eigenvalue weighted by atomic mass is 79.9. The molecule has 1 unspecified atom stereocenters. The predicted octanol–water partition coefficient (Wildman–Crippen LogP) is 5.05. The van der Waals surface area contributed by atoms with Gasteiger partial charge in [0.2, 0.25) is 0 Å². The average Bonchev–Trinajstić information content (AvgIpc) is 2.75. The third kappa shape index (κ3) is 3.88. The Balaban J connectivity index is 2.36. The number of rotatable bonds is 5. The van der Waals surface area contributed by atoms with Crippen molar-refractivity contribution in [3.63, 3.8) is 0 Å². The molecular weight excluding hydrogens is 325 g/mol. The molecule has 1 atom stereocenters. The third-order valence-corrected chi connectivity index (χ3v) is 4.63. The molecule has 2 aromatic rings. The fraction of sp³-hybridized carbons (Fsp3) is 0.333. The van der Waals surface area contributed by atoms with Crippen LogP contribution >= 0.6 is 27.3 Å². The maximum atomic E-state index is 13.6. The Morgan fingerprint density at radius 2 is 2.11 bits per heavy atom. The number of thiophene rings is 1. The van der Waals surface area contributed by atoms with Gasteiger partial charge < -0.3 is 5.32 Å². The molecule has 0 amide bonds. The first-order valence-electron chi connectivity index (χ1n) is 6.34. The molecule has 1 heterocycles. The lowest BCUT2D eigenvalue weighted by Crippen LogP contribution is -2.22. The van der Waals surface area contributed by atoms with Crippen molar-refractivity contribution in [2.24, 2.45) is 0 Å². The van der Waals surface area contributed by atoms with Gasteiger partial charge in [-0.2, -0.15) is 0 Å². The van der Waals surface area contributed by atoms with E-state index in [9.17, 15) is 4.39 Å². The summed E-state index contributed by atoms with van der Waals surface area (Å²) in [6.45, 7) is 4.97. The van der Waals surface area contributed by atoms with Crippen LogP contribution < -0.4 is 5.32 Å². The molecule has 2 rings (SSSR count). The fourth-order valence-corrected chi connectivity index (χ4v) is 3.63. The third-order valence-electron chi connectivity index (χ3n) is 2.87. The van der Waals surface area contributed by atoms with E-state index in [1.807, 2.05) is 13.0 Å². The fourth-order valence-electron chi connectivity index (χ4n) is 2.08. The molecule has 0 spiro atoms. The number of halogens is 2. The van der Waals surface area contributed by atoms with Crippen LogP contribution in [0.15, 0.2) is 34.1 Å². The minimum absolute atomic E-state index is 0.0608. The van der Waals surface area contributed by atoms with Crippen LogP contribution in [0.2, 0.25) is 0 Å². The van der Waals surface area contributed by atoms with Gasteiger partial charge in [-0.3, -0.25) is 0 Å². The molecule has 19 heavy (non-hydrogen) atoms. The second-order valence-electron chi connectivity index (χ2n) is 4.62. The van der Waals surface area contributed by atoms with E-state index in [0.717, 1.165) is 28.6 Å². The molecule has 0 radical (unpaired) electrons. The molecule has 0 saturated carbocycles. The number of hydrogen-bond donors (Lipinski definition) is 1. The summed E-state index contributed by atoms with van der Waals surface area (Å²) in [5, 5.41) is 5.55. The topological polar surface area (TPSA) is 12.0 Å². The largest absolute Gasteiger partial charge is 0.306 e. The Morgan fingerprint density at radius 1 is 1.32 bits per heavy atom. The normalized spacial score (nSPS) is 12.6. The van der Waals surface area contributed by atoms with Crippen LogP contribution in [0.25, 0.3) is 0 Å². The zero-order valence-corrected chi connectivity index (χ0v) is 13.4. The van der Waals surface area contributed by atoms with Crippen molar-refractivity contribution in [2.45, 2.75) is 26.3 Å². The van der Waals surface area contributed by atoms with Crippen LogP contribution in [0.3, 0.4) is 0 Å². The van der Waals surface area contributed by atoms with Gasteiger partial charge in [-0.1, -0.05) is 13.0 Å². The SMILES string of the molecule is CCCNC(c1cc(C)cc(F)c1)c1cc(Br)cs1. The van der Waals surface area contributed by atoms with Gasteiger partial charge in [-0.25, -0.2) is 4.39 Å². The maximum Gasteiger partial charge on any atom is 0.123 e. The first-order chi connectivity index (χ1) is 9.10. The zero-order valence-electron chi connectivity index (χ0n) is 11.0. The summed E-state index contributed by atoms with van der Waals surface area (Å²) in [6, 6.07) is 7.38. The highest BCUT2D eigenvalue weighted by molar-refractivity contribution is 9.10. The van der Waals surface area contributed by atoms with Crippen molar-refractivity contribution in [1.82, 2.24) is 5.32 Å². The van der Waals surface area contributed by atoms with Crippen LogP contribution in [-0.2, 0) is 0 Å². The minimum atomic E-state index is -0.172. The summed E-state index contributed by atoms with van der Waals surface area (Å²) >= 11 is 5.16. The Hall–Kier alpha value is -0.710. The molecular formula is C15H17BrFNS. The predicted molar refractivity (Wildman–Crippen MR) is 83.3 cm³/mol. The van der Waals surface area contributed by atoms with Crippen molar-refractivity contribution in [3.8, 4) is 0 Å². The molecule has 1 N–H and O–H groups in total. The van der Waals surface area contributed by atoms with E-state index in [1.54, 1.807) is 23.5 Å². The number of hydrogen-bond acceptors (Lipinski definition) is 2. The van der Waals surface area contributed by atoms with Gasteiger partial charge in [-0.05, 0) is 65.1 Å². The van der Waals surface area contributed by atoms with Crippen LogP contribution in [-0.4, -0.2) is 6.54 Å². The summed E-state index contributed by atoms with van der Waals surface area (Å²) in [6.07, 6.45) is 1.05. The smallest absolute Gasteiger partial charge is 0.123 e. The molecule has 0 aliphatic carbocycles. The Labute approximate surface area is 126 Å². The standard InChI is InChI=1S/C15H17BrFNS/c1-3-4-18-15(14-8-12(16)9-19-14)11-5-10(2)6-13(17)7-11/h5-9,15,18H,3-4H2,1-2H3. The van der Waals surface area contributed by atoms with E-state index in [4.69, 9.17) is 0 Å². The zero-order chi connectivity index (χ0) is 13.8. The molecule has 0 fully saturated rings. The lowest BCUT2D eigenvalue weighted by molar-refractivity contribution is 0.590. The molecule has 102 valence electrons. The number of aryl methyl sites for hydroxylation is 1. The monoisotopic (exact) mass is 341 g/mol. The van der Waals surface area contributed by atoms with Gasteiger partial charge in [0.25, 0.3) is 0 Å². The first-order valence-corrected chi connectivity index (χ1v) is 8.02. The Kier molecular flexibility index (Phi) is 5.13. The Bertz CT molecular complexity index is 533. The quantitative estimate of drug-likeness (QED) is 0.802. The van der Waals surface area contributed by atoms with Crippen LogP contribution in [0.5, 0.6) is 0 Å². The van der Waals surface area contributed by atoms with E-state index < -0.39 is 0 Å². The molecule has 4 heteroatoms. The van der Waals surface area contributed by atoms with Crippen LogP contribution in [0.4, 0.5) is 4.39 Å². The van der Waals surface area contributed by atoms with Gasteiger partial charge in [0, 0.05) is 14.7 Å². The van der Waals surface area contributed by atoms with Crippen molar-refractivity contribution in [3.05, 3.63) is 55.9 Å². The lowest BCUT2D eigenvalue weighted by Gasteiger charge is -2.18. The van der Waals surface area contributed by atoms with Crippen LogP contribution in [0, 0.1) is 12.7 Å². The van der Waals surface area contributed by atoms with Gasteiger partial charge >= 0.3 is 0 Å². The van der Waals surface area contributed by atoms with Gasteiger partial charge in [0.15, 0.2) is 0 Å². The summed E-state index contributed by atoms with van der Waals surface area (Å²) < 4.78 is 14.7. The molecule has 0 aliphatic heterocycles. The van der Waals surface area contributed by atoms with Crippen molar-refractivity contribution < 1.29 is 4.39 Å². The summed E-state index contributed by atoms with van der Waals surface area (Å²) in [7, 11) is 0. The van der Waals surface area contributed by atoms with E-state index in [0.29, 0.717) is 0 Å². The summed E-state index contributed by atoms with van der Waals surface area (Å²) in [4.78, 5) is 1.20. The minimum Gasteiger partial charge on any atom is -0.306 e. The molecule has 1 nitrogen and oxygen atoms in total. The lowest BCUT2D eigenvalue weighted by atomic mass is 10.0. The van der Waals surface area contributed by atoms with E-state index >= 15 is 0 Å². The molecule has 0 bridgehead atoms. The van der Waals surface area contributed by atoms with Crippen molar-refractivity contribution in [2.75, 3.05) is 6.54 Å². The molecule has 0 aliphatic rings. The molecule has 0 saturated heterocycles. The second kappa shape index (κ2) is 6.64. The second-order valence-corrected chi connectivity index (χ2v) is 6.47. The van der Waals surface area contributed by atoms with Crippen molar-refractivity contribution in [1.29, 1.82) is 0 Å². The summed E-state index contributed by atoms with van der Waals surface area (Å²) in [5.74, 6) is -0.172. The average molecular weight is 342 g/mol. The number of nitrogens with one attached hydrogen (secondary N) is 1. The van der Waals surface area contributed by atoms with Gasteiger partial charge in [-0.15, -0.1) is 11.3 Å². The highest BCUT2D eigenvalue weighted by Crippen LogP contribution is 2.30. The maximum absolute atomic E-state index is 13.6. The first kappa shape index (κ1) is 14.7. The van der Waals surface area contributed by atoms with Gasteiger partial charge in [0.05, 0.1) is 6.04 Å². The van der Waals surface area contributed by atoms with E-state index in [2.05, 4.69) is 39.6 Å². The number of benzene rings is 1. The van der Waals surface area contributed by atoms with E-state index in [-0.39, 0.29) is 11.9 Å². The van der Waals surface area contributed by atoms with Crippen LogP contribution in [0.1, 0.15) is 35.4 Å². The highest BCUT2D eigenvalue weighted by Gasteiger charge is 2.16. The Morgan fingerprint density at radius 3 is 2.68 bits per heavy atom. The molecule has 1 aromatic heterocycles.